The molecule has 3 aromatic carbocycles. The second-order valence-corrected chi connectivity index (χ2v) is 7.42. The minimum absolute atomic E-state index is 0.209. The number of hydrogen-bond donors (Lipinski definition) is 2. The fourth-order valence-electron chi connectivity index (χ4n) is 2.79. The maximum Gasteiger partial charge on any atom is 0.250 e. The van der Waals surface area contributed by atoms with Gasteiger partial charge < -0.3 is 9.72 Å². The van der Waals surface area contributed by atoms with Crippen LogP contribution in [0.25, 0.3) is 11.0 Å². The number of aromatic nitrogens is 2. The number of hydrogen-bond acceptors (Lipinski definition) is 5. The van der Waals surface area contributed by atoms with E-state index in [1.54, 1.807) is 6.21 Å². The average molecular weight is 417 g/mol. The van der Waals surface area contributed by atoms with Crippen molar-refractivity contribution in [2.75, 3.05) is 5.75 Å². The summed E-state index contributed by atoms with van der Waals surface area (Å²) in [6.45, 7) is 0.464. The Morgan fingerprint density at radius 1 is 1.03 bits per heavy atom. The number of fused-ring (bicyclic) bond motifs is 1. The van der Waals surface area contributed by atoms with Crippen LogP contribution in [0.4, 0.5) is 0 Å². The first-order valence-electron chi connectivity index (χ1n) is 9.43. The molecule has 4 aromatic rings. The van der Waals surface area contributed by atoms with E-state index in [1.807, 2.05) is 78.9 Å². The van der Waals surface area contributed by atoms with E-state index in [0.717, 1.165) is 22.2 Å². The summed E-state index contributed by atoms with van der Waals surface area (Å²) in [5, 5.41) is 4.77. The van der Waals surface area contributed by atoms with Crippen molar-refractivity contribution >= 4 is 34.9 Å². The van der Waals surface area contributed by atoms with Crippen LogP contribution < -0.4 is 10.2 Å². The number of rotatable bonds is 8. The Hall–Kier alpha value is -3.58. The average Bonchev–Trinajstić information content (AvgIpc) is 3.21. The molecule has 0 fully saturated rings. The van der Waals surface area contributed by atoms with Crippen LogP contribution in [-0.4, -0.2) is 27.8 Å². The molecule has 0 saturated carbocycles. The second-order valence-electron chi connectivity index (χ2n) is 6.45. The number of hydrazone groups is 1. The van der Waals surface area contributed by atoms with Gasteiger partial charge in [0, 0.05) is 5.56 Å². The van der Waals surface area contributed by atoms with Gasteiger partial charge in [0.1, 0.15) is 12.4 Å². The molecular formula is C23H20N4O2S. The molecule has 0 spiro atoms. The smallest absolute Gasteiger partial charge is 0.250 e. The number of nitrogens with zero attached hydrogens (tertiary/aromatic N) is 2. The van der Waals surface area contributed by atoms with Gasteiger partial charge in [-0.25, -0.2) is 10.4 Å². The molecule has 7 heteroatoms. The quantitative estimate of drug-likeness (QED) is 0.254. The van der Waals surface area contributed by atoms with Crippen molar-refractivity contribution in [3.8, 4) is 5.75 Å². The minimum Gasteiger partial charge on any atom is -0.488 e. The molecule has 0 aliphatic rings. The number of aromatic amines is 1. The molecule has 1 heterocycles. The van der Waals surface area contributed by atoms with Gasteiger partial charge in [0.25, 0.3) is 5.91 Å². The number of ether oxygens (including phenoxy) is 1. The Balaban J connectivity index is 1.30. The van der Waals surface area contributed by atoms with Crippen LogP contribution in [0.1, 0.15) is 11.1 Å². The van der Waals surface area contributed by atoms with Gasteiger partial charge in [-0.1, -0.05) is 66.4 Å². The predicted molar refractivity (Wildman–Crippen MR) is 120 cm³/mol. The highest BCUT2D eigenvalue weighted by Crippen LogP contribution is 2.19. The summed E-state index contributed by atoms with van der Waals surface area (Å²) in [6.07, 6.45) is 1.59. The lowest BCUT2D eigenvalue weighted by molar-refractivity contribution is -0.118. The third kappa shape index (κ3) is 5.27. The summed E-state index contributed by atoms with van der Waals surface area (Å²) in [7, 11) is 0. The number of H-pyrrole nitrogens is 1. The molecule has 2 N–H and O–H groups in total. The zero-order valence-corrected chi connectivity index (χ0v) is 16.9. The summed E-state index contributed by atoms with van der Waals surface area (Å²) in [5.74, 6) is 0.707. The van der Waals surface area contributed by atoms with E-state index in [0.29, 0.717) is 17.5 Å². The van der Waals surface area contributed by atoms with E-state index < -0.39 is 0 Å². The van der Waals surface area contributed by atoms with Crippen LogP contribution in [0, 0.1) is 0 Å². The molecule has 0 unspecified atom stereocenters. The molecule has 30 heavy (non-hydrogen) atoms. The number of para-hydroxylation sites is 3. The summed E-state index contributed by atoms with van der Waals surface area (Å²) in [6, 6.07) is 25.3. The van der Waals surface area contributed by atoms with Gasteiger partial charge in [0.15, 0.2) is 5.16 Å². The van der Waals surface area contributed by atoms with E-state index in [9.17, 15) is 4.79 Å². The van der Waals surface area contributed by atoms with Crippen molar-refractivity contribution in [1.82, 2.24) is 15.4 Å². The standard InChI is InChI=1S/C23H20N4O2S/c28-22(16-30-23-25-19-11-5-6-12-20(19)26-23)27-24-14-18-10-4-7-13-21(18)29-15-17-8-2-1-3-9-17/h1-14H,15-16H2,(H,25,26)(H,27,28)/b24-14+. The highest BCUT2D eigenvalue weighted by molar-refractivity contribution is 7.99. The summed E-state index contributed by atoms with van der Waals surface area (Å²) in [4.78, 5) is 19.7. The normalized spacial score (nSPS) is 11.1. The molecular weight excluding hydrogens is 396 g/mol. The molecule has 1 aromatic heterocycles. The lowest BCUT2D eigenvalue weighted by Gasteiger charge is -2.08. The molecule has 6 nitrogen and oxygen atoms in total. The highest BCUT2D eigenvalue weighted by atomic mass is 32.2. The first-order valence-corrected chi connectivity index (χ1v) is 10.4. The largest absolute Gasteiger partial charge is 0.488 e. The van der Waals surface area contributed by atoms with E-state index >= 15 is 0 Å². The van der Waals surface area contributed by atoms with Crippen LogP contribution in [0.3, 0.4) is 0 Å². The van der Waals surface area contributed by atoms with E-state index in [2.05, 4.69) is 20.5 Å². The monoisotopic (exact) mass is 416 g/mol. The fraction of sp³-hybridized carbons (Fsp3) is 0.0870. The Morgan fingerprint density at radius 2 is 1.80 bits per heavy atom. The number of imidazole rings is 1. The van der Waals surface area contributed by atoms with Crippen molar-refractivity contribution in [3.63, 3.8) is 0 Å². The van der Waals surface area contributed by atoms with Crippen LogP contribution in [0.5, 0.6) is 5.75 Å². The van der Waals surface area contributed by atoms with Crippen LogP contribution >= 0.6 is 11.8 Å². The molecule has 1 amide bonds. The van der Waals surface area contributed by atoms with Gasteiger partial charge in [-0.2, -0.15) is 5.10 Å². The maximum absolute atomic E-state index is 12.1. The number of benzene rings is 3. The van der Waals surface area contributed by atoms with Gasteiger partial charge in [-0.05, 0) is 29.8 Å². The van der Waals surface area contributed by atoms with Crippen LogP contribution in [0.2, 0.25) is 0 Å². The maximum atomic E-state index is 12.1. The topological polar surface area (TPSA) is 79.4 Å². The first kappa shape index (κ1) is 19.7. The highest BCUT2D eigenvalue weighted by Gasteiger charge is 2.06. The van der Waals surface area contributed by atoms with Crippen LogP contribution in [0.15, 0.2) is 89.1 Å². The Kier molecular flexibility index (Phi) is 6.41. The van der Waals surface area contributed by atoms with Gasteiger partial charge >= 0.3 is 0 Å². The fourth-order valence-corrected chi connectivity index (χ4v) is 3.47. The molecule has 0 radical (unpaired) electrons. The molecule has 0 atom stereocenters. The Morgan fingerprint density at radius 3 is 2.67 bits per heavy atom. The van der Waals surface area contributed by atoms with Gasteiger partial charge in [-0.3, -0.25) is 4.79 Å². The van der Waals surface area contributed by atoms with E-state index in [-0.39, 0.29) is 11.7 Å². The summed E-state index contributed by atoms with van der Waals surface area (Å²) < 4.78 is 5.89. The predicted octanol–water partition coefficient (Wildman–Crippen LogP) is 4.38. The molecule has 0 bridgehead atoms. The zero-order valence-electron chi connectivity index (χ0n) is 16.1. The van der Waals surface area contributed by atoms with Crippen molar-refractivity contribution in [1.29, 1.82) is 0 Å². The molecule has 0 aliphatic carbocycles. The van der Waals surface area contributed by atoms with E-state index in [1.165, 1.54) is 11.8 Å². The molecule has 4 rings (SSSR count). The van der Waals surface area contributed by atoms with Crippen molar-refractivity contribution in [2.45, 2.75) is 11.8 Å². The third-order valence-corrected chi connectivity index (χ3v) is 5.13. The second kappa shape index (κ2) is 9.76. The Bertz CT molecular complexity index is 1130. The number of carbonyl (C=O) groups is 1. The van der Waals surface area contributed by atoms with Crippen molar-refractivity contribution < 1.29 is 9.53 Å². The number of thioether (sulfide) groups is 1. The third-order valence-electron chi connectivity index (χ3n) is 4.26. The molecule has 150 valence electrons. The Labute approximate surface area is 178 Å². The SMILES string of the molecule is O=C(CSc1nc2ccccc2[nH]1)N/N=C/c1ccccc1OCc1ccccc1. The minimum atomic E-state index is -0.209. The van der Waals surface area contributed by atoms with E-state index in [4.69, 9.17) is 4.74 Å². The summed E-state index contributed by atoms with van der Waals surface area (Å²) >= 11 is 1.33. The van der Waals surface area contributed by atoms with Gasteiger partial charge in [-0.15, -0.1) is 0 Å². The lowest BCUT2D eigenvalue weighted by Crippen LogP contribution is -2.19. The number of amides is 1. The number of carbonyl (C=O) groups excluding carboxylic acids is 1. The van der Waals surface area contributed by atoms with Gasteiger partial charge in [0.2, 0.25) is 0 Å². The number of nitrogens with one attached hydrogen (secondary N) is 2. The molecule has 0 saturated heterocycles. The zero-order chi connectivity index (χ0) is 20.6. The lowest BCUT2D eigenvalue weighted by atomic mass is 10.2. The van der Waals surface area contributed by atoms with Crippen LogP contribution in [-0.2, 0) is 11.4 Å². The first-order chi connectivity index (χ1) is 14.8. The molecule has 0 aliphatic heterocycles. The van der Waals surface area contributed by atoms with Gasteiger partial charge in [0.05, 0.1) is 23.0 Å². The van der Waals surface area contributed by atoms with Crippen molar-refractivity contribution in [3.05, 3.63) is 90.0 Å². The summed E-state index contributed by atoms with van der Waals surface area (Å²) in [5.41, 5.74) is 6.25. The van der Waals surface area contributed by atoms with Crippen molar-refractivity contribution in [2.24, 2.45) is 5.10 Å².